The lowest BCUT2D eigenvalue weighted by Crippen LogP contribution is -2.36. The van der Waals surface area contributed by atoms with Crippen molar-refractivity contribution in [2.24, 2.45) is 0 Å². The number of pyridine rings is 1. The number of aromatic amines is 1. The Hall–Kier alpha value is -2.89. The van der Waals surface area contributed by atoms with E-state index in [1.165, 1.54) is 0 Å². The molecule has 3 aromatic rings. The second kappa shape index (κ2) is 6.71. The van der Waals surface area contributed by atoms with Gasteiger partial charge in [-0.2, -0.15) is 0 Å². The SMILES string of the molecule is O=C(NCCc1nc2ccccc2[nH]1)NCc1cccnc1. The fraction of sp³-hybridized carbons (Fsp3) is 0.188. The number of amides is 2. The Morgan fingerprint density at radius 1 is 1.14 bits per heavy atom. The molecule has 22 heavy (non-hydrogen) atoms. The third-order valence-corrected chi connectivity index (χ3v) is 3.26. The molecule has 0 aliphatic heterocycles. The van der Waals surface area contributed by atoms with Crippen LogP contribution in [0.4, 0.5) is 4.79 Å². The van der Waals surface area contributed by atoms with Crippen molar-refractivity contribution in [3.8, 4) is 0 Å². The van der Waals surface area contributed by atoms with Gasteiger partial charge in [0.25, 0.3) is 0 Å². The van der Waals surface area contributed by atoms with Crippen molar-refractivity contribution in [1.29, 1.82) is 0 Å². The number of nitrogens with one attached hydrogen (secondary N) is 3. The summed E-state index contributed by atoms with van der Waals surface area (Å²) in [6.07, 6.45) is 4.10. The third kappa shape index (κ3) is 3.60. The van der Waals surface area contributed by atoms with Crippen molar-refractivity contribution in [2.75, 3.05) is 6.54 Å². The van der Waals surface area contributed by atoms with Crippen molar-refractivity contribution >= 4 is 17.1 Å². The zero-order chi connectivity index (χ0) is 15.2. The van der Waals surface area contributed by atoms with Gasteiger partial charge >= 0.3 is 6.03 Å². The summed E-state index contributed by atoms with van der Waals surface area (Å²) in [5, 5.41) is 5.61. The van der Waals surface area contributed by atoms with Gasteiger partial charge < -0.3 is 15.6 Å². The third-order valence-electron chi connectivity index (χ3n) is 3.26. The van der Waals surface area contributed by atoms with E-state index < -0.39 is 0 Å². The maximum Gasteiger partial charge on any atom is 0.315 e. The van der Waals surface area contributed by atoms with Gasteiger partial charge in [-0.3, -0.25) is 4.98 Å². The molecule has 0 bridgehead atoms. The molecule has 0 spiro atoms. The van der Waals surface area contributed by atoms with Crippen LogP contribution in [0.25, 0.3) is 11.0 Å². The Morgan fingerprint density at radius 3 is 2.86 bits per heavy atom. The first-order valence-electron chi connectivity index (χ1n) is 7.15. The van der Waals surface area contributed by atoms with E-state index >= 15 is 0 Å². The van der Waals surface area contributed by atoms with Crippen LogP contribution in [0.3, 0.4) is 0 Å². The molecule has 112 valence electrons. The second-order valence-electron chi connectivity index (χ2n) is 4.92. The van der Waals surface area contributed by atoms with Crippen LogP contribution in [0.2, 0.25) is 0 Å². The van der Waals surface area contributed by atoms with E-state index in [-0.39, 0.29) is 6.03 Å². The number of aromatic nitrogens is 3. The van der Waals surface area contributed by atoms with Gasteiger partial charge in [-0.05, 0) is 23.8 Å². The highest BCUT2D eigenvalue weighted by Crippen LogP contribution is 2.10. The molecule has 0 radical (unpaired) electrons. The molecule has 0 unspecified atom stereocenters. The van der Waals surface area contributed by atoms with E-state index in [1.807, 2.05) is 36.4 Å². The number of hydrogen-bond donors (Lipinski definition) is 3. The Balaban J connectivity index is 1.43. The number of rotatable bonds is 5. The summed E-state index contributed by atoms with van der Waals surface area (Å²) in [7, 11) is 0. The molecule has 2 aromatic heterocycles. The smallest absolute Gasteiger partial charge is 0.315 e. The van der Waals surface area contributed by atoms with E-state index in [4.69, 9.17) is 0 Å². The first-order valence-corrected chi connectivity index (χ1v) is 7.15. The number of benzene rings is 1. The summed E-state index contributed by atoms with van der Waals surface area (Å²) in [4.78, 5) is 23.4. The van der Waals surface area contributed by atoms with Crippen molar-refractivity contribution in [2.45, 2.75) is 13.0 Å². The Bertz CT molecular complexity index is 720. The van der Waals surface area contributed by atoms with E-state index in [0.29, 0.717) is 19.5 Å². The average molecular weight is 295 g/mol. The number of H-pyrrole nitrogens is 1. The zero-order valence-electron chi connectivity index (χ0n) is 12.0. The lowest BCUT2D eigenvalue weighted by atomic mass is 10.3. The highest BCUT2D eigenvalue weighted by Gasteiger charge is 2.03. The maximum atomic E-state index is 11.7. The summed E-state index contributed by atoms with van der Waals surface area (Å²) in [5.41, 5.74) is 2.92. The monoisotopic (exact) mass is 295 g/mol. The van der Waals surface area contributed by atoms with Gasteiger partial charge in [0.05, 0.1) is 11.0 Å². The largest absolute Gasteiger partial charge is 0.342 e. The Labute approximate surface area is 128 Å². The molecule has 6 nitrogen and oxygen atoms in total. The first-order chi connectivity index (χ1) is 10.8. The lowest BCUT2D eigenvalue weighted by molar-refractivity contribution is 0.240. The van der Waals surface area contributed by atoms with Crippen molar-refractivity contribution in [3.63, 3.8) is 0 Å². The second-order valence-corrected chi connectivity index (χ2v) is 4.92. The number of hydrogen-bond acceptors (Lipinski definition) is 3. The zero-order valence-corrected chi connectivity index (χ0v) is 12.0. The normalized spacial score (nSPS) is 10.5. The summed E-state index contributed by atoms with van der Waals surface area (Å²) in [6, 6.07) is 11.4. The standard InChI is InChI=1S/C16H17N5O/c22-16(19-11-12-4-3-8-17-10-12)18-9-7-15-20-13-5-1-2-6-14(13)21-15/h1-6,8,10H,7,9,11H2,(H,20,21)(H2,18,19,22). The molecule has 0 saturated heterocycles. The fourth-order valence-corrected chi connectivity index (χ4v) is 2.17. The van der Waals surface area contributed by atoms with Gasteiger partial charge in [0, 0.05) is 31.9 Å². The number of nitrogens with zero attached hydrogens (tertiary/aromatic N) is 2. The minimum Gasteiger partial charge on any atom is -0.342 e. The van der Waals surface area contributed by atoms with Crippen molar-refractivity contribution in [3.05, 3.63) is 60.2 Å². The summed E-state index contributed by atoms with van der Waals surface area (Å²) in [6.45, 7) is 0.989. The molecule has 2 heterocycles. The molecule has 0 saturated carbocycles. The molecule has 2 amide bonds. The van der Waals surface area contributed by atoms with E-state index in [2.05, 4.69) is 25.6 Å². The van der Waals surface area contributed by atoms with Gasteiger partial charge in [-0.25, -0.2) is 9.78 Å². The van der Waals surface area contributed by atoms with Crippen LogP contribution in [0.1, 0.15) is 11.4 Å². The predicted octanol–water partition coefficient (Wildman–Crippen LogP) is 2.00. The molecule has 3 N–H and O–H groups in total. The molecule has 0 aliphatic carbocycles. The van der Waals surface area contributed by atoms with Crippen LogP contribution in [0, 0.1) is 0 Å². The molecule has 0 atom stereocenters. The van der Waals surface area contributed by atoms with E-state index in [0.717, 1.165) is 22.4 Å². The Morgan fingerprint density at radius 2 is 2.05 bits per heavy atom. The number of imidazole rings is 1. The molecule has 1 aromatic carbocycles. The van der Waals surface area contributed by atoms with Crippen molar-refractivity contribution < 1.29 is 4.79 Å². The minimum atomic E-state index is -0.194. The van der Waals surface area contributed by atoms with E-state index in [9.17, 15) is 4.79 Å². The minimum absolute atomic E-state index is 0.194. The highest BCUT2D eigenvalue weighted by atomic mass is 16.2. The van der Waals surface area contributed by atoms with Crippen LogP contribution in [0.15, 0.2) is 48.8 Å². The predicted molar refractivity (Wildman–Crippen MR) is 84.3 cm³/mol. The molecule has 3 rings (SSSR count). The highest BCUT2D eigenvalue weighted by molar-refractivity contribution is 5.75. The van der Waals surface area contributed by atoms with Gasteiger partial charge in [-0.15, -0.1) is 0 Å². The number of carbonyl (C=O) groups excluding carboxylic acids is 1. The quantitative estimate of drug-likeness (QED) is 0.673. The van der Waals surface area contributed by atoms with Gasteiger partial charge in [0.1, 0.15) is 5.82 Å². The molecule has 0 aliphatic rings. The first kappa shape index (κ1) is 14.1. The number of urea groups is 1. The number of para-hydroxylation sites is 2. The van der Waals surface area contributed by atoms with Gasteiger partial charge in [0.15, 0.2) is 0 Å². The number of fused-ring (bicyclic) bond motifs is 1. The van der Waals surface area contributed by atoms with Crippen molar-refractivity contribution in [1.82, 2.24) is 25.6 Å². The van der Waals surface area contributed by atoms with Crippen LogP contribution in [-0.2, 0) is 13.0 Å². The topological polar surface area (TPSA) is 82.7 Å². The Kier molecular flexibility index (Phi) is 4.29. The maximum absolute atomic E-state index is 11.7. The molecular formula is C16H17N5O. The van der Waals surface area contributed by atoms with Crippen LogP contribution in [-0.4, -0.2) is 27.5 Å². The van der Waals surface area contributed by atoms with Crippen LogP contribution >= 0.6 is 0 Å². The molecule has 0 fully saturated rings. The summed E-state index contributed by atoms with van der Waals surface area (Å²) < 4.78 is 0. The summed E-state index contributed by atoms with van der Waals surface area (Å²) in [5.74, 6) is 0.869. The van der Waals surface area contributed by atoms with Gasteiger partial charge in [0.2, 0.25) is 0 Å². The summed E-state index contributed by atoms with van der Waals surface area (Å²) >= 11 is 0. The molecular weight excluding hydrogens is 278 g/mol. The fourth-order valence-electron chi connectivity index (χ4n) is 2.17. The number of carbonyl (C=O) groups is 1. The van der Waals surface area contributed by atoms with Crippen LogP contribution < -0.4 is 10.6 Å². The van der Waals surface area contributed by atoms with Crippen LogP contribution in [0.5, 0.6) is 0 Å². The lowest BCUT2D eigenvalue weighted by Gasteiger charge is -2.06. The average Bonchev–Trinajstić information content (AvgIpc) is 2.96. The molecule has 6 heteroatoms. The van der Waals surface area contributed by atoms with Gasteiger partial charge in [-0.1, -0.05) is 18.2 Å². The van der Waals surface area contributed by atoms with E-state index in [1.54, 1.807) is 12.4 Å².